The van der Waals surface area contributed by atoms with Crippen molar-refractivity contribution >= 4 is 5.91 Å². The lowest BCUT2D eigenvalue weighted by molar-refractivity contribution is -0.122. The van der Waals surface area contributed by atoms with Gasteiger partial charge in [0.1, 0.15) is 0 Å². The van der Waals surface area contributed by atoms with Crippen molar-refractivity contribution in [2.45, 2.75) is 25.3 Å². The van der Waals surface area contributed by atoms with Gasteiger partial charge in [-0.3, -0.25) is 4.79 Å². The van der Waals surface area contributed by atoms with Crippen molar-refractivity contribution in [2.75, 3.05) is 27.2 Å². The first-order valence-corrected chi connectivity index (χ1v) is 5.28. The number of nitrogens with two attached hydrogens (primary N) is 1. The minimum atomic E-state index is -0.201. The van der Waals surface area contributed by atoms with Gasteiger partial charge in [0.05, 0.1) is 6.04 Å². The molecule has 1 rings (SSSR count). The third-order valence-electron chi connectivity index (χ3n) is 2.85. The van der Waals surface area contributed by atoms with E-state index in [4.69, 9.17) is 5.73 Å². The number of rotatable bonds is 6. The topological polar surface area (TPSA) is 58.4 Å². The van der Waals surface area contributed by atoms with E-state index in [1.54, 1.807) is 0 Å². The van der Waals surface area contributed by atoms with Gasteiger partial charge in [-0.05, 0) is 32.9 Å². The van der Waals surface area contributed by atoms with Crippen LogP contribution in [0.1, 0.15) is 19.3 Å². The van der Waals surface area contributed by atoms with Crippen molar-refractivity contribution in [2.24, 2.45) is 11.7 Å². The van der Waals surface area contributed by atoms with E-state index in [2.05, 4.69) is 10.2 Å². The van der Waals surface area contributed by atoms with E-state index in [-0.39, 0.29) is 11.9 Å². The Balaban J connectivity index is 2.25. The number of hydrogen-bond donors (Lipinski definition) is 2. The average Bonchev–Trinajstić information content (AvgIpc) is 1.98. The van der Waals surface area contributed by atoms with Crippen LogP contribution in [0.3, 0.4) is 0 Å². The Morgan fingerprint density at radius 3 is 2.57 bits per heavy atom. The molecule has 1 atom stereocenters. The molecule has 1 unspecified atom stereocenters. The largest absolute Gasteiger partial charge is 0.368 e. The lowest BCUT2D eigenvalue weighted by atomic mass is 9.79. The molecule has 82 valence electrons. The normalized spacial score (nSPS) is 19.4. The summed E-state index contributed by atoms with van der Waals surface area (Å²) in [4.78, 5) is 13.2. The fraction of sp³-hybridized carbons (Fsp3) is 0.900. The van der Waals surface area contributed by atoms with Crippen LogP contribution in [0.2, 0.25) is 0 Å². The summed E-state index contributed by atoms with van der Waals surface area (Å²) >= 11 is 0. The van der Waals surface area contributed by atoms with Gasteiger partial charge in [-0.25, -0.2) is 0 Å². The van der Waals surface area contributed by atoms with Crippen LogP contribution in [0.5, 0.6) is 0 Å². The Hall–Kier alpha value is -0.610. The number of carbonyl (C=O) groups excluding carboxylic acids is 1. The van der Waals surface area contributed by atoms with Gasteiger partial charge in [0.2, 0.25) is 5.91 Å². The van der Waals surface area contributed by atoms with E-state index < -0.39 is 0 Å². The van der Waals surface area contributed by atoms with Gasteiger partial charge < -0.3 is 16.0 Å². The second-order valence-electron chi connectivity index (χ2n) is 4.33. The molecule has 0 bridgehead atoms. The highest BCUT2D eigenvalue weighted by Crippen LogP contribution is 2.29. The zero-order valence-electron chi connectivity index (χ0n) is 9.12. The fourth-order valence-corrected chi connectivity index (χ4v) is 1.72. The average molecular weight is 199 g/mol. The molecule has 0 radical (unpaired) electrons. The molecule has 0 heterocycles. The molecular weight excluding hydrogens is 178 g/mol. The van der Waals surface area contributed by atoms with E-state index >= 15 is 0 Å². The summed E-state index contributed by atoms with van der Waals surface area (Å²) in [5.74, 6) is 0.281. The number of nitrogens with one attached hydrogen (secondary N) is 1. The zero-order valence-corrected chi connectivity index (χ0v) is 9.12. The minimum absolute atomic E-state index is 0.108. The number of amides is 1. The number of carbonyl (C=O) groups is 1. The van der Waals surface area contributed by atoms with Crippen molar-refractivity contribution in [3.63, 3.8) is 0 Å². The summed E-state index contributed by atoms with van der Waals surface area (Å²) in [5.41, 5.74) is 5.35. The maximum atomic E-state index is 11.2. The van der Waals surface area contributed by atoms with Crippen molar-refractivity contribution in [1.29, 1.82) is 0 Å². The van der Waals surface area contributed by atoms with Gasteiger partial charge in [-0.2, -0.15) is 0 Å². The number of nitrogens with zero attached hydrogens (tertiary/aromatic N) is 1. The van der Waals surface area contributed by atoms with Gasteiger partial charge >= 0.3 is 0 Å². The van der Waals surface area contributed by atoms with E-state index in [1.807, 2.05) is 14.1 Å². The van der Waals surface area contributed by atoms with Crippen LogP contribution in [-0.2, 0) is 4.79 Å². The molecule has 0 spiro atoms. The first-order chi connectivity index (χ1) is 6.61. The highest BCUT2D eigenvalue weighted by atomic mass is 16.1. The van der Waals surface area contributed by atoms with Crippen LogP contribution in [0.15, 0.2) is 0 Å². The Morgan fingerprint density at radius 2 is 2.21 bits per heavy atom. The van der Waals surface area contributed by atoms with Crippen LogP contribution in [0.25, 0.3) is 0 Å². The van der Waals surface area contributed by atoms with Crippen molar-refractivity contribution in [1.82, 2.24) is 10.2 Å². The molecular formula is C10H21N3O. The lowest BCUT2D eigenvalue weighted by Crippen LogP contribution is -2.50. The molecule has 0 saturated heterocycles. The molecule has 0 aromatic carbocycles. The van der Waals surface area contributed by atoms with E-state index in [1.165, 1.54) is 6.42 Å². The Kier molecular flexibility index (Phi) is 4.35. The SMILES string of the molecule is CN(C)CCNC(C(N)=O)C1CCC1. The highest BCUT2D eigenvalue weighted by Gasteiger charge is 2.30. The smallest absolute Gasteiger partial charge is 0.234 e. The van der Waals surface area contributed by atoms with E-state index in [0.717, 1.165) is 25.9 Å². The van der Waals surface area contributed by atoms with Crippen molar-refractivity contribution in [3.8, 4) is 0 Å². The Morgan fingerprint density at radius 1 is 1.57 bits per heavy atom. The monoisotopic (exact) mass is 199 g/mol. The van der Waals surface area contributed by atoms with Gasteiger partial charge in [-0.15, -0.1) is 0 Å². The van der Waals surface area contributed by atoms with Crippen LogP contribution in [-0.4, -0.2) is 44.0 Å². The van der Waals surface area contributed by atoms with Crippen LogP contribution < -0.4 is 11.1 Å². The van der Waals surface area contributed by atoms with Crippen molar-refractivity contribution < 1.29 is 4.79 Å². The standard InChI is InChI=1S/C10H21N3O/c1-13(2)7-6-12-9(10(11)14)8-4-3-5-8/h8-9,12H,3-7H2,1-2H3,(H2,11,14). The number of likely N-dealkylation sites (N-methyl/N-ethyl adjacent to an activating group) is 1. The molecule has 3 N–H and O–H groups in total. The van der Waals surface area contributed by atoms with E-state index in [9.17, 15) is 4.79 Å². The van der Waals surface area contributed by atoms with Gasteiger partial charge in [-0.1, -0.05) is 6.42 Å². The van der Waals surface area contributed by atoms with Crippen LogP contribution in [0, 0.1) is 5.92 Å². The second-order valence-corrected chi connectivity index (χ2v) is 4.33. The third-order valence-corrected chi connectivity index (χ3v) is 2.85. The Labute approximate surface area is 85.8 Å². The fourth-order valence-electron chi connectivity index (χ4n) is 1.72. The molecule has 14 heavy (non-hydrogen) atoms. The number of primary amides is 1. The van der Waals surface area contributed by atoms with Crippen molar-refractivity contribution in [3.05, 3.63) is 0 Å². The first kappa shape index (κ1) is 11.5. The molecule has 1 aliphatic carbocycles. The summed E-state index contributed by atoms with van der Waals surface area (Å²) < 4.78 is 0. The minimum Gasteiger partial charge on any atom is -0.368 e. The number of hydrogen-bond acceptors (Lipinski definition) is 3. The molecule has 1 saturated carbocycles. The molecule has 0 aliphatic heterocycles. The van der Waals surface area contributed by atoms with Gasteiger partial charge in [0.25, 0.3) is 0 Å². The zero-order chi connectivity index (χ0) is 10.6. The van der Waals surface area contributed by atoms with Gasteiger partial charge in [0.15, 0.2) is 0 Å². The predicted molar refractivity (Wildman–Crippen MR) is 56.9 cm³/mol. The highest BCUT2D eigenvalue weighted by molar-refractivity contribution is 5.80. The quantitative estimate of drug-likeness (QED) is 0.622. The molecule has 1 fully saturated rings. The van der Waals surface area contributed by atoms with Crippen LogP contribution >= 0.6 is 0 Å². The lowest BCUT2D eigenvalue weighted by Gasteiger charge is -2.32. The maximum Gasteiger partial charge on any atom is 0.234 e. The molecule has 1 amide bonds. The summed E-state index contributed by atoms with van der Waals surface area (Å²) in [7, 11) is 4.04. The molecule has 0 aromatic heterocycles. The van der Waals surface area contributed by atoms with E-state index in [0.29, 0.717) is 5.92 Å². The predicted octanol–water partition coefficient (Wildman–Crippen LogP) is -0.208. The summed E-state index contributed by atoms with van der Waals surface area (Å²) in [6.07, 6.45) is 3.52. The first-order valence-electron chi connectivity index (χ1n) is 5.28. The van der Waals surface area contributed by atoms with Gasteiger partial charge in [0, 0.05) is 13.1 Å². The third kappa shape index (κ3) is 3.27. The second kappa shape index (κ2) is 5.32. The summed E-state index contributed by atoms with van der Waals surface area (Å²) in [5, 5.41) is 3.24. The van der Waals surface area contributed by atoms with Crippen LogP contribution in [0.4, 0.5) is 0 Å². The molecule has 0 aromatic rings. The molecule has 4 heteroatoms. The molecule has 1 aliphatic rings. The maximum absolute atomic E-state index is 11.2. The summed E-state index contributed by atoms with van der Waals surface area (Å²) in [6, 6.07) is -0.108. The Bertz CT molecular complexity index is 190. The molecule has 4 nitrogen and oxygen atoms in total. The summed E-state index contributed by atoms with van der Waals surface area (Å²) in [6.45, 7) is 1.77.